The number of halogens is 2. The fourth-order valence-corrected chi connectivity index (χ4v) is 2.48. The number of carbonyl (C=O) groups excluding carboxylic acids is 2. The molecule has 2 N–H and O–H groups in total. The normalized spacial score (nSPS) is 19.5. The van der Waals surface area contributed by atoms with Crippen molar-refractivity contribution in [2.45, 2.75) is 25.3 Å². The summed E-state index contributed by atoms with van der Waals surface area (Å²) in [7, 11) is 0. The van der Waals surface area contributed by atoms with Gasteiger partial charge in [-0.3, -0.25) is 9.59 Å². The summed E-state index contributed by atoms with van der Waals surface area (Å²) in [6.45, 7) is 0.663. The number of nitrogens with zero attached hydrogens (tertiary/aromatic N) is 1. The number of nitrogens with one attached hydrogen (secondary N) is 2. The molecule has 1 atom stereocenters. The lowest BCUT2D eigenvalue weighted by atomic mass is 10.1. The second-order valence-electron chi connectivity index (χ2n) is 4.28. The summed E-state index contributed by atoms with van der Waals surface area (Å²) in [5.41, 5.74) is 0.372. The average Bonchev–Trinajstić information content (AvgIpc) is 2.58. The van der Waals surface area contributed by atoms with Crippen LogP contribution in [0, 0.1) is 0 Å². The molecule has 19 heavy (non-hydrogen) atoms. The minimum Gasteiger partial charge on any atom is -0.354 e. The zero-order valence-electron chi connectivity index (χ0n) is 10.1. The van der Waals surface area contributed by atoms with Crippen molar-refractivity contribution in [1.29, 1.82) is 0 Å². The van der Waals surface area contributed by atoms with E-state index in [2.05, 4.69) is 31.5 Å². The largest absolute Gasteiger partial charge is 0.354 e. The standard InChI is InChI=1S/C12H13BrClN3O2/c13-9-7(4-6-15-10(9)14)11(18)17-8-3-1-2-5-16-12(8)19/h4,6,8H,1-3,5H2,(H,16,19)(H,17,18). The van der Waals surface area contributed by atoms with Crippen LogP contribution in [0.5, 0.6) is 0 Å². The molecule has 0 aromatic carbocycles. The van der Waals surface area contributed by atoms with E-state index < -0.39 is 6.04 Å². The van der Waals surface area contributed by atoms with Crippen molar-refractivity contribution in [1.82, 2.24) is 15.6 Å². The molecule has 5 nitrogen and oxygen atoms in total. The molecule has 1 aliphatic heterocycles. The third kappa shape index (κ3) is 3.45. The Kier molecular flexibility index (Phi) is 4.76. The van der Waals surface area contributed by atoms with E-state index in [1.165, 1.54) is 6.20 Å². The molecule has 2 amide bonds. The van der Waals surface area contributed by atoms with Gasteiger partial charge in [0.25, 0.3) is 5.91 Å². The van der Waals surface area contributed by atoms with Gasteiger partial charge in [0.15, 0.2) is 0 Å². The van der Waals surface area contributed by atoms with Gasteiger partial charge in [-0.15, -0.1) is 0 Å². The van der Waals surface area contributed by atoms with E-state index in [0.717, 1.165) is 12.8 Å². The van der Waals surface area contributed by atoms with Crippen LogP contribution in [0.15, 0.2) is 16.7 Å². The summed E-state index contributed by atoms with van der Waals surface area (Å²) in [5.74, 6) is -0.472. The van der Waals surface area contributed by atoms with Gasteiger partial charge in [0.2, 0.25) is 5.91 Å². The van der Waals surface area contributed by atoms with Crippen LogP contribution in [0.2, 0.25) is 5.15 Å². The second kappa shape index (κ2) is 6.34. The van der Waals surface area contributed by atoms with Gasteiger partial charge in [0, 0.05) is 12.7 Å². The molecule has 1 unspecified atom stereocenters. The molecule has 1 fully saturated rings. The maximum atomic E-state index is 12.1. The Hall–Kier alpha value is -1.14. The minimum atomic E-state index is -0.492. The third-order valence-corrected chi connectivity index (χ3v) is 4.25. The van der Waals surface area contributed by atoms with Crippen LogP contribution in [0.4, 0.5) is 0 Å². The lowest BCUT2D eigenvalue weighted by molar-refractivity contribution is -0.122. The van der Waals surface area contributed by atoms with Crippen molar-refractivity contribution in [3.8, 4) is 0 Å². The average molecular weight is 347 g/mol. The van der Waals surface area contributed by atoms with Gasteiger partial charge >= 0.3 is 0 Å². The topological polar surface area (TPSA) is 71.1 Å². The molecule has 2 heterocycles. The van der Waals surface area contributed by atoms with E-state index in [-0.39, 0.29) is 17.0 Å². The van der Waals surface area contributed by atoms with E-state index >= 15 is 0 Å². The smallest absolute Gasteiger partial charge is 0.253 e. The summed E-state index contributed by atoms with van der Waals surface area (Å²) in [5, 5.41) is 5.72. The van der Waals surface area contributed by atoms with Gasteiger partial charge < -0.3 is 10.6 Å². The molecule has 102 valence electrons. The maximum absolute atomic E-state index is 12.1. The van der Waals surface area contributed by atoms with Gasteiger partial charge in [-0.05, 0) is 41.3 Å². The van der Waals surface area contributed by atoms with Gasteiger partial charge in [0.05, 0.1) is 10.0 Å². The Labute approximate surface area is 124 Å². The Morgan fingerprint density at radius 3 is 3.11 bits per heavy atom. The fraction of sp³-hybridized carbons (Fsp3) is 0.417. The molecule has 1 saturated heterocycles. The molecule has 1 aromatic heterocycles. The number of aromatic nitrogens is 1. The first-order chi connectivity index (χ1) is 9.09. The Balaban J connectivity index is 2.12. The van der Waals surface area contributed by atoms with E-state index in [9.17, 15) is 9.59 Å². The molecule has 0 radical (unpaired) electrons. The van der Waals surface area contributed by atoms with Crippen LogP contribution in [-0.4, -0.2) is 29.4 Å². The first kappa shape index (κ1) is 14.3. The predicted octanol–water partition coefficient (Wildman–Crippen LogP) is 1.90. The zero-order chi connectivity index (χ0) is 13.8. The van der Waals surface area contributed by atoms with E-state index in [0.29, 0.717) is 23.0 Å². The fourth-order valence-electron chi connectivity index (χ4n) is 1.91. The number of amides is 2. The van der Waals surface area contributed by atoms with Crippen LogP contribution >= 0.6 is 27.5 Å². The molecular weight excluding hydrogens is 334 g/mol. The molecule has 0 spiro atoms. The van der Waals surface area contributed by atoms with Crippen molar-refractivity contribution < 1.29 is 9.59 Å². The SMILES string of the molecule is O=C(NC1CCCCNC1=O)c1ccnc(Cl)c1Br. The summed E-state index contributed by atoms with van der Waals surface area (Å²) >= 11 is 9.06. The van der Waals surface area contributed by atoms with Crippen LogP contribution < -0.4 is 10.6 Å². The Bertz CT molecular complexity index is 510. The van der Waals surface area contributed by atoms with Crippen LogP contribution in [-0.2, 0) is 4.79 Å². The van der Waals surface area contributed by atoms with Gasteiger partial charge in [-0.25, -0.2) is 4.98 Å². The highest BCUT2D eigenvalue weighted by molar-refractivity contribution is 9.10. The van der Waals surface area contributed by atoms with Gasteiger partial charge in [-0.1, -0.05) is 11.6 Å². The highest BCUT2D eigenvalue weighted by Gasteiger charge is 2.24. The number of hydrogen-bond donors (Lipinski definition) is 2. The van der Waals surface area contributed by atoms with Crippen molar-refractivity contribution in [3.05, 3.63) is 27.5 Å². The van der Waals surface area contributed by atoms with Crippen LogP contribution in [0.1, 0.15) is 29.6 Å². The predicted molar refractivity (Wildman–Crippen MR) is 75.1 cm³/mol. The third-order valence-electron chi connectivity index (χ3n) is 2.93. The van der Waals surface area contributed by atoms with E-state index in [1.54, 1.807) is 6.07 Å². The molecule has 1 aliphatic rings. The van der Waals surface area contributed by atoms with Crippen molar-refractivity contribution in [2.75, 3.05) is 6.54 Å². The maximum Gasteiger partial charge on any atom is 0.253 e. The first-order valence-electron chi connectivity index (χ1n) is 5.98. The highest BCUT2D eigenvalue weighted by Crippen LogP contribution is 2.24. The van der Waals surface area contributed by atoms with Crippen LogP contribution in [0.3, 0.4) is 0 Å². The Morgan fingerprint density at radius 2 is 2.32 bits per heavy atom. The lowest BCUT2D eigenvalue weighted by Gasteiger charge is -2.15. The molecular formula is C12H13BrClN3O2. The quantitative estimate of drug-likeness (QED) is 0.804. The molecule has 0 saturated carbocycles. The lowest BCUT2D eigenvalue weighted by Crippen LogP contribution is -2.45. The Morgan fingerprint density at radius 1 is 1.53 bits per heavy atom. The van der Waals surface area contributed by atoms with E-state index in [1.807, 2.05) is 0 Å². The summed E-state index contributed by atoms with van der Waals surface area (Å²) in [6.07, 6.45) is 3.94. The monoisotopic (exact) mass is 345 g/mol. The minimum absolute atomic E-state index is 0.137. The van der Waals surface area contributed by atoms with Crippen LogP contribution in [0.25, 0.3) is 0 Å². The number of pyridine rings is 1. The molecule has 0 bridgehead atoms. The highest BCUT2D eigenvalue weighted by atomic mass is 79.9. The van der Waals surface area contributed by atoms with Crippen molar-refractivity contribution in [2.24, 2.45) is 0 Å². The summed E-state index contributed by atoms with van der Waals surface area (Å²) in [6, 6.07) is 1.06. The number of carbonyl (C=O) groups is 2. The summed E-state index contributed by atoms with van der Waals surface area (Å²) in [4.78, 5) is 27.8. The van der Waals surface area contributed by atoms with Gasteiger partial charge in [-0.2, -0.15) is 0 Å². The number of rotatable bonds is 2. The molecule has 2 rings (SSSR count). The molecule has 1 aromatic rings. The van der Waals surface area contributed by atoms with E-state index in [4.69, 9.17) is 11.6 Å². The molecule has 7 heteroatoms. The van der Waals surface area contributed by atoms with Crippen molar-refractivity contribution >= 4 is 39.3 Å². The van der Waals surface area contributed by atoms with Gasteiger partial charge in [0.1, 0.15) is 11.2 Å². The summed E-state index contributed by atoms with van der Waals surface area (Å²) < 4.78 is 0.434. The number of hydrogen-bond acceptors (Lipinski definition) is 3. The second-order valence-corrected chi connectivity index (χ2v) is 5.43. The molecule has 0 aliphatic carbocycles. The zero-order valence-corrected chi connectivity index (χ0v) is 12.4. The van der Waals surface area contributed by atoms with Crippen molar-refractivity contribution in [3.63, 3.8) is 0 Å². The first-order valence-corrected chi connectivity index (χ1v) is 7.15.